The Morgan fingerprint density at radius 3 is 2.77 bits per heavy atom. The Kier molecular flexibility index (Phi) is 3.34. The summed E-state index contributed by atoms with van der Waals surface area (Å²) < 4.78 is 5.14. The molecule has 0 bridgehead atoms. The average Bonchev–Trinajstić information content (AvgIpc) is 2.16. The molecule has 0 heterocycles. The summed E-state index contributed by atoms with van der Waals surface area (Å²) in [7, 11) is 0. The Bertz CT molecular complexity index is 294. The second kappa shape index (κ2) is 4.52. The molecule has 0 fully saturated rings. The molecule has 0 radical (unpaired) electrons. The predicted molar refractivity (Wildman–Crippen MR) is 49.7 cm³/mol. The van der Waals surface area contributed by atoms with Crippen LogP contribution in [0, 0.1) is 0 Å². The molecule has 0 atom stereocenters. The van der Waals surface area contributed by atoms with Crippen molar-refractivity contribution in [1.82, 2.24) is 0 Å². The number of aliphatic hydroxyl groups excluding tert-OH is 1. The lowest BCUT2D eigenvalue weighted by Gasteiger charge is -2.06. The fourth-order valence-electron chi connectivity index (χ4n) is 0.932. The quantitative estimate of drug-likeness (QED) is 0.689. The lowest BCUT2D eigenvalue weighted by atomic mass is 10.2. The Morgan fingerprint density at radius 1 is 1.46 bits per heavy atom. The molecule has 3 heteroatoms. The maximum absolute atomic E-state index is 9.38. The van der Waals surface area contributed by atoms with Crippen LogP contribution in [0.15, 0.2) is 30.9 Å². The first-order valence-electron chi connectivity index (χ1n) is 3.94. The van der Waals surface area contributed by atoms with Crippen molar-refractivity contribution >= 4 is 0 Å². The van der Waals surface area contributed by atoms with Crippen LogP contribution in [0.5, 0.6) is 11.5 Å². The Labute approximate surface area is 76.9 Å². The highest BCUT2D eigenvalue weighted by molar-refractivity contribution is 5.41. The third-order valence-corrected chi connectivity index (χ3v) is 1.56. The monoisotopic (exact) mass is 180 g/mol. The molecule has 70 valence electrons. The van der Waals surface area contributed by atoms with E-state index in [0.29, 0.717) is 17.9 Å². The highest BCUT2D eigenvalue weighted by Crippen LogP contribution is 2.26. The fraction of sp³-hybridized carbons (Fsp3) is 0.200. The van der Waals surface area contributed by atoms with Crippen molar-refractivity contribution in [2.45, 2.75) is 6.61 Å². The largest absolute Gasteiger partial charge is 0.504 e. The van der Waals surface area contributed by atoms with Crippen molar-refractivity contribution in [3.05, 3.63) is 36.4 Å². The fourth-order valence-corrected chi connectivity index (χ4v) is 0.932. The van der Waals surface area contributed by atoms with Gasteiger partial charge in [-0.25, -0.2) is 0 Å². The van der Waals surface area contributed by atoms with Crippen LogP contribution in [-0.2, 0) is 6.61 Å². The normalized spacial score (nSPS) is 9.62. The van der Waals surface area contributed by atoms with Crippen LogP contribution >= 0.6 is 0 Å². The van der Waals surface area contributed by atoms with Crippen molar-refractivity contribution in [3.8, 4) is 11.5 Å². The number of ether oxygens (including phenoxy) is 1. The number of aliphatic hydroxyl groups is 1. The summed E-state index contributed by atoms with van der Waals surface area (Å²) >= 11 is 0. The highest BCUT2D eigenvalue weighted by Gasteiger charge is 2.01. The van der Waals surface area contributed by atoms with Gasteiger partial charge >= 0.3 is 0 Å². The van der Waals surface area contributed by atoms with E-state index in [2.05, 4.69) is 6.58 Å². The first-order valence-corrected chi connectivity index (χ1v) is 3.94. The van der Waals surface area contributed by atoms with Gasteiger partial charge in [0.05, 0.1) is 6.61 Å². The molecular weight excluding hydrogens is 168 g/mol. The van der Waals surface area contributed by atoms with Crippen molar-refractivity contribution < 1.29 is 14.9 Å². The van der Waals surface area contributed by atoms with E-state index in [1.165, 1.54) is 6.07 Å². The third kappa shape index (κ3) is 2.49. The molecule has 2 N–H and O–H groups in total. The van der Waals surface area contributed by atoms with E-state index in [-0.39, 0.29) is 12.4 Å². The zero-order valence-corrected chi connectivity index (χ0v) is 7.23. The molecule has 0 spiro atoms. The Morgan fingerprint density at radius 2 is 2.23 bits per heavy atom. The van der Waals surface area contributed by atoms with E-state index in [9.17, 15) is 5.11 Å². The van der Waals surface area contributed by atoms with Crippen LogP contribution in [0.4, 0.5) is 0 Å². The number of phenols is 1. The number of hydrogen-bond acceptors (Lipinski definition) is 3. The number of aromatic hydroxyl groups is 1. The summed E-state index contributed by atoms with van der Waals surface area (Å²) in [5.41, 5.74) is 0.656. The molecule has 0 amide bonds. The zero-order valence-electron chi connectivity index (χ0n) is 7.23. The lowest BCUT2D eigenvalue weighted by Crippen LogP contribution is -1.93. The second-order valence-corrected chi connectivity index (χ2v) is 2.56. The molecule has 0 aliphatic heterocycles. The van der Waals surface area contributed by atoms with Crippen LogP contribution < -0.4 is 4.74 Å². The van der Waals surface area contributed by atoms with Gasteiger partial charge in [-0.3, -0.25) is 0 Å². The molecule has 0 aromatic heterocycles. The van der Waals surface area contributed by atoms with Crippen LogP contribution in [0.2, 0.25) is 0 Å². The minimum absolute atomic E-state index is 0.0356. The summed E-state index contributed by atoms with van der Waals surface area (Å²) in [5, 5.41) is 18.1. The van der Waals surface area contributed by atoms with E-state index in [4.69, 9.17) is 9.84 Å². The maximum Gasteiger partial charge on any atom is 0.161 e. The van der Waals surface area contributed by atoms with Crippen LogP contribution in [-0.4, -0.2) is 16.8 Å². The van der Waals surface area contributed by atoms with E-state index >= 15 is 0 Å². The smallest absolute Gasteiger partial charge is 0.161 e. The lowest BCUT2D eigenvalue weighted by molar-refractivity contribution is 0.280. The first kappa shape index (κ1) is 9.61. The molecule has 0 saturated carbocycles. The van der Waals surface area contributed by atoms with Crippen molar-refractivity contribution in [1.29, 1.82) is 0 Å². The number of rotatable bonds is 4. The zero-order chi connectivity index (χ0) is 9.68. The molecule has 0 unspecified atom stereocenters. The maximum atomic E-state index is 9.38. The molecular formula is C10H12O3. The second-order valence-electron chi connectivity index (χ2n) is 2.56. The molecule has 0 aliphatic carbocycles. The molecule has 1 rings (SSSR count). The topological polar surface area (TPSA) is 49.7 Å². The van der Waals surface area contributed by atoms with Gasteiger partial charge in [0.15, 0.2) is 11.5 Å². The minimum atomic E-state index is -0.0880. The van der Waals surface area contributed by atoms with Gasteiger partial charge in [0.25, 0.3) is 0 Å². The van der Waals surface area contributed by atoms with E-state index < -0.39 is 0 Å². The minimum Gasteiger partial charge on any atom is -0.504 e. The first-order chi connectivity index (χ1) is 6.27. The third-order valence-electron chi connectivity index (χ3n) is 1.56. The van der Waals surface area contributed by atoms with Gasteiger partial charge in [-0.15, -0.1) is 0 Å². The standard InChI is InChI=1S/C10H12O3/c1-2-5-13-10-4-3-8(7-11)6-9(10)12/h2-4,6,11-12H,1,5,7H2. The molecule has 0 aliphatic rings. The van der Waals surface area contributed by atoms with Crippen LogP contribution in [0.25, 0.3) is 0 Å². The molecule has 13 heavy (non-hydrogen) atoms. The van der Waals surface area contributed by atoms with Crippen molar-refractivity contribution in [2.75, 3.05) is 6.61 Å². The van der Waals surface area contributed by atoms with Gasteiger partial charge in [0, 0.05) is 0 Å². The predicted octanol–water partition coefficient (Wildman–Crippen LogP) is 1.45. The highest BCUT2D eigenvalue weighted by atomic mass is 16.5. The summed E-state index contributed by atoms with van der Waals surface area (Å²) in [4.78, 5) is 0. The van der Waals surface area contributed by atoms with Gasteiger partial charge in [-0.05, 0) is 17.7 Å². The van der Waals surface area contributed by atoms with Gasteiger partial charge < -0.3 is 14.9 Å². The van der Waals surface area contributed by atoms with Gasteiger partial charge in [-0.1, -0.05) is 18.7 Å². The summed E-state index contributed by atoms with van der Waals surface area (Å²) in [6.07, 6.45) is 1.60. The van der Waals surface area contributed by atoms with E-state index in [1.54, 1.807) is 18.2 Å². The number of hydrogen-bond donors (Lipinski definition) is 2. The summed E-state index contributed by atoms with van der Waals surface area (Å²) in [6, 6.07) is 4.78. The number of phenolic OH excluding ortho intramolecular Hbond substituents is 1. The molecule has 3 nitrogen and oxygen atoms in total. The average molecular weight is 180 g/mol. The van der Waals surface area contributed by atoms with Crippen LogP contribution in [0.3, 0.4) is 0 Å². The van der Waals surface area contributed by atoms with E-state index in [0.717, 1.165) is 0 Å². The SMILES string of the molecule is C=CCOc1ccc(CO)cc1O. The molecule has 0 saturated heterocycles. The Hall–Kier alpha value is -1.48. The Balaban J connectivity index is 2.78. The number of benzene rings is 1. The summed E-state index contributed by atoms with van der Waals surface area (Å²) in [5.74, 6) is 0.436. The molecule has 1 aromatic rings. The van der Waals surface area contributed by atoms with Gasteiger partial charge in [0.2, 0.25) is 0 Å². The van der Waals surface area contributed by atoms with E-state index in [1.807, 2.05) is 0 Å². The van der Waals surface area contributed by atoms with Crippen molar-refractivity contribution in [3.63, 3.8) is 0 Å². The summed E-state index contributed by atoms with van der Waals surface area (Å²) in [6.45, 7) is 3.76. The van der Waals surface area contributed by atoms with Gasteiger partial charge in [-0.2, -0.15) is 0 Å². The van der Waals surface area contributed by atoms with Gasteiger partial charge in [0.1, 0.15) is 6.61 Å². The van der Waals surface area contributed by atoms with Crippen LogP contribution in [0.1, 0.15) is 5.56 Å². The molecule has 1 aromatic carbocycles. The van der Waals surface area contributed by atoms with Crippen molar-refractivity contribution in [2.24, 2.45) is 0 Å².